The van der Waals surface area contributed by atoms with Gasteiger partial charge in [0.25, 0.3) is 0 Å². The van der Waals surface area contributed by atoms with E-state index in [1.165, 1.54) is 6.07 Å². The lowest BCUT2D eigenvalue weighted by molar-refractivity contribution is 0.158. The highest BCUT2D eigenvalue weighted by atomic mass is 19.1. The first-order valence-corrected chi connectivity index (χ1v) is 6.91. The Labute approximate surface area is 123 Å². The van der Waals surface area contributed by atoms with Crippen LogP contribution in [0.1, 0.15) is 24.8 Å². The Kier molecular flexibility index (Phi) is 5.03. The van der Waals surface area contributed by atoms with Crippen LogP contribution in [0.15, 0.2) is 22.7 Å². The minimum atomic E-state index is -0.332. The van der Waals surface area contributed by atoms with Crippen molar-refractivity contribution >= 4 is 0 Å². The third kappa shape index (κ3) is 4.34. The molecule has 0 aliphatic carbocycles. The topological polar surface area (TPSA) is 62.4 Å². The molecule has 2 rings (SSSR count). The summed E-state index contributed by atoms with van der Waals surface area (Å²) in [5, 5.41) is 13.1. The molecule has 0 aliphatic rings. The number of rotatable bonds is 6. The second-order valence-electron chi connectivity index (χ2n) is 5.35. The highest BCUT2D eigenvalue weighted by Gasteiger charge is 2.12. The van der Waals surface area contributed by atoms with Crippen molar-refractivity contribution in [3.8, 4) is 11.4 Å². The molecule has 0 bridgehead atoms. The van der Waals surface area contributed by atoms with Crippen LogP contribution < -0.4 is 0 Å². The molecule has 5 nitrogen and oxygen atoms in total. The summed E-state index contributed by atoms with van der Waals surface area (Å²) in [6, 6.07) is 4.86. The maximum Gasteiger partial charge on any atom is 0.241 e. The van der Waals surface area contributed by atoms with Gasteiger partial charge in [-0.1, -0.05) is 17.3 Å². The van der Waals surface area contributed by atoms with E-state index in [0.29, 0.717) is 35.8 Å². The van der Waals surface area contributed by atoms with Crippen LogP contribution in [0.2, 0.25) is 0 Å². The van der Waals surface area contributed by atoms with Crippen molar-refractivity contribution in [2.24, 2.45) is 0 Å². The van der Waals surface area contributed by atoms with Crippen LogP contribution in [0, 0.1) is 12.7 Å². The second kappa shape index (κ2) is 6.78. The number of aryl methyl sites for hydroxylation is 1. The van der Waals surface area contributed by atoms with E-state index < -0.39 is 0 Å². The number of aliphatic hydroxyl groups excluding tert-OH is 1. The summed E-state index contributed by atoms with van der Waals surface area (Å²) in [6.07, 6.45) is 0.349. The van der Waals surface area contributed by atoms with Crippen molar-refractivity contribution in [3.05, 3.63) is 35.5 Å². The number of nitrogens with zero attached hydrogens (tertiary/aromatic N) is 3. The van der Waals surface area contributed by atoms with E-state index in [-0.39, 0.29) is 11.9 Å². The highest BCUT2D eigenvalue weighted by molar-refractivity contribution is 5.54. The van der Waals surface area contributed by atoms with Gasteiger partial charge in [-0.15, -0.1) is 0 Å². The summed E-state index contributed by atoms with van der Waals surface area (Å²) in [7, 11) is 1.91. The van der Waals surface area contributed by atoms with Gasteiger partial charge < -0.3 is 9.63 Å². The number of benzene rings is 1. The number of aliphatic hydroxyl groups is 1. The fraction of sp³-hybridized carbons (Fsp3) is 0.467. The maximum absolute atomic E-state index is 13.5. The van der Waals surface area contributed by atoms with Crippen LogP contribution in [-0.4, -0.2) is 39.8 Å². The lowest BCUT2D eigenvalue weighted by Crippen LogP contribution is -2.22. The van der Waals surface area contributed by atoms with Gasteiger partial charge in [0.05, 0.1) is 12.6 Å². The molecule has 0 aliphatic heterocycles. The molecule has 1 unspecified atom stereocenters. The van der Waals surface area contributed by atoms with Gasteiger partial charge in [0.2, 0.25) is 11.7 Å². The molecule has 21 heavy (non-hydrogen) atoms. The van der Waals surface area contributed by atoms with Crippen molar-refractivity contribution in [2.45, 2.75) is 32.9 Å². The van der Waals surface area contributed by atoms with E-state index in [2.05, 4.69) is 10.1 Å². The van der Waals surface area contributed by atoms with Crippen LogP contribution in [-0.2, 0) is 6.54 Å². The summed E-state index contributed by atoms with van der Waals surface area (Å²) in [4.78, 5) is 6.26. The fourth-order valence-corrected chi connectivity index (χ4v) is 1.89. The lowest BCUT2D eigenvalue weighted by Gasteiger charge is -2.14. The van der Waals surface area contributed by atoms with Gasteiger partial charge in [0.15, 0.2) is 0 Å². The molecule has 0 amide bonds. The quantitative estimate of drug-likeness (QED) is 0.886. The first kappa shape index (κ1) is 15.6. The minimum Gasteiger partial charge on any atom is -0.393 e. The van der Waals surface area contributed by atoms with Crippen LogP contribution in [0.25, 0.3) is 11.4 Å². The molecule has 114 valence electrons. The zero-order chi connectivity index (χ0) is 15.4. The Morgan fingerprint density at radius 1 is 1.43 bits per heavy atom. The summed E-state index contributed by atoms with van der Waals surface area (Å²) >= 11 is 0. The van der Waals surface area contributed by atoms with Gasteiger partial charge in [0.1, 0.15) is 5.82 Å². The molecule has 0 spiro atoms. The third-order valence-electron chi connectivity index (χ3n) is 3.23. The minimum absolute atomic E-state index is 0.284. The van der Waals surface area contributed by atoms with Crippen LogP contribution in [0.5, 0.6) is 0 Å². The molecular formula is C15H20FN3O2. The molecule has 2 aromatic rings. The Hall–Kier alpha value is -1.79. The molecule has 6 heteroatoms. The number of hydrogen-bond donors (Lipinski definition) is 1. The summed E-state index contributed by atoms with van der Waals surface area (Å²) < 4.78 is 18.7. The van der Waals surface area contributed by atoms with E-state index >= 15 is 0 Å². The molecule has 1 aromatic heterocycles. The van der Waals surface area contributed by atoms with Gasteiger partial charge >= 0.3 is 0 Å². The summed E-state index contributed by atoms with van der Waals surface area (Å²) in [5.74, 6) is 0.569. The second-order valence-corrected chi connectivity index (χ2v) is 5.35. The predicted molar refractivity (Wildman–Crippen MR) is 77.1 cm³/mol. The van der Waals surface area contributed by atoms with Crippen LogP contribution >= 0.6 is 0 Å². The Morgan fingerprint density at radius 3 is 2.86 bits per heavy atom. The summed E-state index contributed by atoms with van der Waals surface area (Å²) in [5.41, 5.74) is 1.18. The van der Waals surface area contributed by atoms with E-state index in [9.17, 15) is 9.50 Å². The molecule has 0 saturated heterocycles. The van der Waals surface area contributed by atoms with Crippen molar-refractivity contribution < 1.29 is 14.0 Å². The van der Waals surface area contributed by atoms with Gasteiger partial charge in [0, 0.05) is 12.1 Å². The van der Waals surface area contributed by atoms with Crippen molar-refractivity contribution in [1.29, 1.82) is 0 Å². The van der Waals surface area contributed by atoms with Gasteiger partial charge in [-0.05, 0) is 38.9 Å². The molecule has 1 atom stereocenters. The molecule has 0 saturated carbocycles. The van der Waals surface area contributed by atoms with Crippen LogP contribution in [0.4, 0.5) is 4.39 Å². The standard InChI is InChI=1S/C15H20FN3O2/c1-10-4-5-12(8-13(10)16)15-17-14(21-18-15)9-19(3)7-6-11(2)20/h4-5,8,11,20H,6-7,9H2,1-3H3. The first-order valence-electron chi connectivity index (χ1n) is 6.91. The maximum atomic E-state index is 13.5. The number of halogens is 1. The highest BCUT2D eigenvalue weighted by Crippen LogP contribution is 2.19. The molecule has 1 N–H and O–H groups in total. The Bertz CT molecular complexity index is 598. The normalized spacial score (nSPS) is 12.9. The average molecular weight is 293 g/mol. The van der Waals surface area contributed by atoms with E-state index in [1.54, 1.807) is 26.0 Å². The zero-order valence-electron chi connectivity index (χ0n) is 12.5. The van der Waals surface area contributed by atoms with Gasteiger partial charge in [-0.3, -0.25) is 4.90 Å². The van der Waals surface area contributed by atoms with E-state index in [0.717, 1.165) is 6.54 Å². The average Bonchev–Trinajstić information content (AvgIpc) is 2.88. The largest absolute Gasteiger partial charge is 0.393 e. The van der Waals surface area contributed by atoms with E-state index in [1.807, 2.05) is 11.9 Å². The fourth-order valence-electron chi connectivity index (χ4n) is 1.89. The molecule has 1 heterocycles. The lowest BCUT2D eigenvalue weighted by atomic mass is 10.1. The SMILES string of the molecule is Cc1ccc(-c2noc(CN(C)CCC(C)O)n2)cc1F. The van der Waals surface area contributed by atoms with Crippen molar-refractivity contribution in [3.63, 3.8) is 0 Å². The monoisotopic (exact) mass is 293 g/mol. The molecular weight excluding hydrogens is 273 g/mol. The first-order chi connectivity index (χ1) is 9.95. The smallest absolute Gasteiger partial charge is 0.241 e. The van der Waals surface area contributed by atoms with E-state index in [4.69, 9.17) is 4.52 Å². The number of hydrogen-bond acceptors (Lipinski definition) is 5. The zero-order valence-corrected chi connectivity index (χ0v) is 12.5. The Morgan fingerprint density at radius 2 is 2.19 bits per heavy atom. The third-order valence-corrected chi connectivity index (χ3v) is 3.23. The number of aromatic nitrogens is 2. The Balaban J connectivity index is 2.02. The molecule has 0 radical (unpaired) electrons. The van der Waals surface area contributed by atoms with Gasteiger partial charge in [-0.25, -0.2) is 4.39 Å². The summed E-state index contributed by atoms with van der Waals surface area (Å²) in [6.45, 7) is 4.69. The van der Waals surface area contributed by atoms with Crippen molar-refractivity contribution in [2.75, 3.05) is 13.6 Å². The molecule has 0 fully saturated rings. The van der Waals surface area contributed by atoms with Crippen LogP contribution in [0.3, 0.4) is 0 Å². The predicted octanol–water partition coefficient (Wildman–Crippen LogP) is 2.39. The van der Waals surface area contributed by atoms with Crippen molar-refractivity contribution in [1.82, 2.24) is 15.0 Å². The molecule has 1 aromatic carbocycles. The van der Waals surface area contributed by atoms with Gasteiger partial charge in [-0.2, -0.15) is 4.98 Å².